The van der Waals surface area contributed by atoms with Crippen LogP contribution in [0.25, 0.3) is 10.8 Å². The molecule has 0 saturated carbocycles. The molecule has 1 aromatic heterocycles. The van der Waals surface area contributed by atoms with Gasteiger partial charge in [0.1, 0.15) is 5.67 Å². The second kappa shape index (κ2) is 4.01. The van der Waals surface area contributed by atoms with Gasteiger partial charge in [0.05, 0.1) is 0 Å². The number of aromatic nitrogens is 1. The van der Waals surface area contributed by atoms with E-state index in [1.807, 2.05) is 30.5 Å². The first-order chi connectivity index (χ1) is 9.24. The number of alkyl halides is 1. The van der Waals surface area contributed by atoms with Crippen LogP contribution >= 0.6 is 0 Å². The molecule has 1 N–H and O–H groups in total. The fourth-order valence-electron chi connectivity index (χ4n) is 3.82. The molecule has 0 radical (unpaired) electrons. The summed E-state index contributed by atoms with van der Waals surface area (Å²) in [5.74, 6) is 0. The molecule has 0 spiro atoms. The molecule has 2 aromatic rings. The van der Waals surface area contributed by atoms with E-state index in [-0.39, 0.29) is 0 Å². The lowest BCUT2D eigenvalue weighted by Crippen LogP contribution is -2.44. The molecule has 1 aromatic carbocycles. The van der Waals surface area contributed by atoms with Crippen molar-refractivity contribution in [2.75, 3.05) is 0 Å². The molecule has 3 heterocycles. The molecule has 2 bridgehead atoms. The number of hydrogen-bond acceptors (Lipinski definition) is 2. The summed E-state index contributed by atoms with van der Waals surface area (Å²) in [6.45, 7) is 0. The zero-order valence-electron chi connectivity index (χ0n) is 10.8. The van der Waals surface area contributed by atoms with Gasteiger partial charge in [0.25, 0.3) is 0 Å². The lowest BCUT2D eigenvalue weighted by molar-refractivity contribution is 0.0889. The van der Waals surface area contributed by atoms with Crippen LogP contribution in [0.15, 0.2) is 36.7 Å². The summed E-state index contributed by atoms with van der Waals surface area (Å²) in [5, 5.41) is 5.56. The average molecular weight is 256 g/mol. The van der Waals surface area contributed by atoms with Gasteiger partial charge in [-0.3, -0.25) is 4.98 Å². The minimum Gasteiger partial charge on any atom is -0.311 e. The molecule has 0 amide bonds. The van der Waals surface area contributed by atoms with E-state index < -0.39 is 5.67 Å². The van der Waals surface area contributed by atoms with Crippen molar-refractivity contribution in [3.8, 4) is 0 Å². The highest BCUT2D eigenvalue weighted by atomic mass is 19.1. The van der Waals surface area contributed by atoms with E-state index in [0.717, 1.165) is 29.2 Å². The molecule has 4 rings (SSSR count). The molecule has 2 atom stereocenters. The van der Waals surface area contributed by atoms with Crippen LogP contribution in [0.5, 0.6) is 0 Å². The average Bonchev–Trinajstić information content (AvgIpc) is 2.78. The number of pyridine rings is 1. The van der Waals surface area contributed by atoms with Crippen molar-refractivity contribution in [1.29, 1.82) is 0 Å². The van der Waals surface area contributed by atoms with E-state index in [9.17, 15) is 0 Å². The zero-order valence-corrected chi connectivity index (χ0v) is 10.8. The Morgan fingerprint density at radius 3 is 2.74 bits per heavy atom. The van der Waals surface area contributed by atoms with Crippen molar-refractivity contribution in [3.05, 3.63) is 42.2 Å². The quantitative estimate of drug-likeness (QED) is 0.846. The summed E-state index contributed by atoms with van der Waals surface area (Å²) < 4.78 is 15.5. The fraction of sp³-hybridized carbons (Fsp3) is 0.438. The van der Waals surface area contributed by atoms with Crippen LogP contribution in [0.4, 0.5) is 4.39 Å². The predicted octanol–water partition coefficient (Wildman–Crippen LogP) is 3.31. The van der Waals surface area contributed by atoms with E-state index in [0.29, 0.717) is 24.9 Å². The number of piperidine rings is 1. The van der Waals surface area contributed by atoms with Gasteiger partial charge in [-0.05, 0) is 29.9 Å². The van der Waals surface area contributed by atoms with Crippen LogP contribution in [0.3, 0.4) is 0 Å². The molecular formula is C16H17FN2. The van der Waals surface area contributed by atoms with E-state index in [1.165, 1.54) is 0 Å². The molecule has 2 aliphatic heterocycles. The van der Waals surface area contributed by atoms with Crippen LogP contribution in [-0.2, 0) is 5.67 Å². The first-order valence-electron chi connectivity index (χ1n) is 7.03. The minimum atomic E-state index is -1.18. The third-order valence-electron chi connectivity index (χ3n) is 4.64. The fourth-order valence-corrected chi connectivity index (χ4v) is 3.82. The topological polar surface area (TPSA) is 24.9 Å². The molecule has 2 nitrogen and oxygen atoms in total. The Bertz CT molecular complexity index is 608. The third-order valence-corrected chi connectivity index (χ3v) is 4.64. The highest BCUT2D eigenvalue weighted by Gasteiger charge is 2.45. The van der Waals surface area contributed by atoms with Crippen LogP contribution in [-0.4, -0.2) is 17.1 Å². The molecule has 2 unspecified atom stereocenters. The summed E-state index contributed by atoms with van der Waals surface area (Å²) in [5.41, 5.74) is -0.330. The normalized spacial score (nSPS) is 33.7. The van der Waals surface area contributed by atoms with Crippen LogP contribution in [0, 0.1) is 0 Å². The van der Waals surface area contributed by atoms with E-state index in [4.69, 9.17) is 0 Å². The molecule has 98 valence electrons. The van der Waals surface area contributed by atoms with Gasteiger partial charge in [-0.15, -0.1) is 0 Å². The van der Waals surface area contributed by atoms with Crippen molar-refractivity contribution in [3.63, 3.8) is 0 Å². The van der Waals surface area contributed by atoms with E-state index >= 15 is 4.39 Å². The summed E-state index contributed by atoms with van der Waals surface area (Å²) in [6, 6.07) is 8.54. The van der Waals surface area contributed by atoms with E-state index in [1.54, 1.807) is 6.20 Å². The Morgan fingerprint density at radius 2 is 1.95 bits per heavy atom. The van der Waals surface area contributed by atoms with Gasteiger partial charge < -0.3 is 5.32 Å². The lowest BCUT2D eigenvalue weighted by atomic mass is 9.81. The molecule has 3 heteroatoms. The number of nitrogens with one attached hydrogen (secondary N) is 1. The molecule has 0 aliphatic carbocycles. The van der Waals surface area contributed by atoms with Gasteiger partial charge in [0.15, 0.2) is 0 Å². The van der Waals surface area contributed by atoms with E-state index in [2.05, 4.69) is 10.3 Å². The number of fused-ring (bicyclic) bond motifs is 3. The maximum atomic E-state index is 15.5. The van der Waals surface area contributed by atoms with Gasteiger partial charge in [0, 0.05) is 42.7 Å². The third kappa shape index (κ3) is 1.76. The smallest absolute Gasteiger partial charge is 0.139 e. The molecular weight excluding hydrogens is 239 g/mol. The van der Waals surface area contributed by atoms with Gasteiger partial charge in [0.2, 0.25) is 0 Å². The molecule has 19 heavy (non-hydrogen) atoms. The van der Waals surface area contributed by atoms with Crippen molar-refractivity contribution >= 4 is 10.8 Å². The van der Waals surface area contributed by atoms with Gasteiger partial charge >= 0.3 is 0 Å². The van der Waals surface area contributed by atoms with Gasteiger partial charge in [-0.1, -0.05) is 18.2 Å². The standard InChI is InChI=1S/C16H17FN2/c17-16(8-12-4-5-13(9-16)19-12)15-3-1-2-11-10-18-7-6-14(11)15/h1-3,6-7,10,12-13,19H,4-5,8-9H2. The highest BCUT2D eigenvalue weighted by molar-refractivity contribution is 5.85. The van der Waals surface area contributed by atoms with Gasteiger partial charge in [-0.25, -0.2) is 4.39 Å². The van der Waals surface area contributed by atoms with Crippen LogP contribution < -0.4 is 5.32 Å². The van der Waals surface area contributed by atoms with Crippen molar-refractivity contribution in [2.24, 2.45) is 0 Å². The van der Waals surface area contributed by atoms with Crippen LogP contribution in [0.1, 0.15) is 31.2 Å². The second-order valence-corrected chi connectivity index (χ2v) is 5.91. The summed E-state index contributed by atoms with van der Waals surface area (Å²) in [6.07, 6.45) is 7.00. The SMILES string of the molecule is FC1(c2cccc3cnccc23)CC2CCC(C1)N2. The second-order valence-electron chi connectivity index (χ2n) is 5.91. The number of halogens is 1. The van der Waals surface area contributed by atoms with Crippen molar-refractivity contribution < 1.29 is 4.39 Å². The Balaban J connectivity index is 1.85. The predicted molar refractivity (Wildman–Crippen MR) is 73.7 cm³/mol. The van der Waals surface area contributed by atoms with Gasteiger partial charge in [-0.2, -0.15) is 0 Å². The number of nitrogens with zero attached hydrogens (tertiary/aromatic N) is 1. The first-order valence-corrected chi connectivity index (χ1v) is 7.03. The largest absolute Gasteiger partial charge is 0.311 e. The highest BCUT2D eigenvalue weighted by Crippen LogP contribution is 2.45. The Labute approximate surface area is 112 Å². The monoisotopic (exact) mass is 256 g/mol. The Hall–Kier alpha value is -1.48. The summed E-state index contributed by atoms with van der Waals surface area (Å²) >= 11 is 0. The molecule has 2 aliphatic rings. The lowest BCUT2D eigenvalue weighted by Gasteiger charge is -2.36. The zero-order chi connectivity index (χ0) is 12.9. The summed E-state index contributed by atoms with van der Waals surface area (Å²) in [4.78, 5) is 4.13. The molecule has 2 fully saturated rings. The maximum Gasteiger partial charge on any atom is 0.139 e. The Kier molecular flexibility index (Phi) is 2.39. The van der Waals surface area contributed by atoms with Crippen LogP contribution in [0.2, 0.25) is 0 Å². The summed E-state index contributed by atoms with van der Waals surface area (Å²) in [7, 11) is 0. The maximum absolute atomic E-state index is 15.5. The minimum absolute atomic E-state index is 0.348. The number of rotatable bonds is 1. The van der Waals surface area contributed by atoms with Crippen molar-refractivity contribution in [2.45, 2.75) is 43.4 Å². The number of benzene rings is 1. The van der Waals surface area contributed by atoms with Crippen molar-refractivity contribution in [1.82, 2.24) is 10.3 Å². The Morgan fingerprint density at radius 1 is 1.16 bits per heavy atom. The number of hydrogen-bond donors (Lipinski definition) is 1. The first kappa shape index (κ1) is 11.4. The molecule has 2 saturated heterocycles.